The van der Waals surface area contributed by atoms with Gasteiger partial charge in [0.15, 0.2) is 9.84 Å². The van der Waals surface area contributed by atoms with Gasteiger partial charge in [0.1, 0.15) is 5.75 Å². The molecule has 1 amide bonds. The fraction of sp³-hybridized carbons (Fsp3) is 0.667. The molecule has 0 spiro atoms. The fourth-order valence-electron chi connectivity index (χ4n) is 5.75. The Labute approximate surface area is 161 Å². The van der Waals surface area contributed by atoms with Crippen molar-refractivity contribution >= 4 is 21.4 Å². The largest absolute Gasteiger partial charge is 0.325 e. The summed E-state index contributed by atoms with van der Waals surface area (Å²) in [5.74, 6) is -0.487. The molecule has 3 fully saturated rings. The van der Waals surface area contributed by atoms with E-state index in [9.17, 15) is 13.2 Å². The maximum atomic E-state index is 13.0. The summed E-state index contributed by atoms with van der Waals surface area (Å²) in [4.78, 5) is 15.0. The Hall–Kier alpha value is -1.40. The number of hydrogen-bond acceptors (Lipinski definition) is 4. The zero-order chi connectivity index (χ0) is 18.6. The molecule has 1 N–H and O–H groups in total. The highest BCUT2D eigenvalue weighted by Gasteiger charge is 2.42. The molecule has 3 saturated heterocycles. The van der Waals surface area contributed by atoms with Gasteiger partial charge in [-0.2, -0.15) is 0 Å². The van der Waals surface area contributed by atoms with E-state index in [2.05, 4.69) is 16.3 Å². The van der Waals surface area contributed by atoms with Crippen LogP contribution in [-0.4, -0.2) is 49.9 Å². The van der Waals surface area contributed by atoms with Crippen molar-refractivity contribution in [3.05, 3.63) is 28.3 Å². The summed E-state index contributed by atoms with van der Waals surface area (Å²) in [7, 11) is -3.42. The summed E-state index contributed by atoms with van der Waals surface area (Å²) in [5, 5.41) is 2.69. The van der Waals surface area contributed by atoms with Gasteiger partial charge in [-0.1, -0.05) is 6.07 Å². The number of nitrogens with zero attached hydrogens (tertiary/aromatic N) is 1. The van der Waals surface area contributed by atoms with Crippen molar-refractivity contribution in [1.82, 2.24) is 4.90 Å². The van der Waals surface area contributed by atoms with E-state index in [1.165, 1.54) is 22.3 Å². The van der Waals surface area contributed by atoms with Gasteiger partial charge in [0.25, 0.3) is 0 Å². The Bertz CT molecular complexity index is 853. The summed E-state index contributed by atoms with van der Waals surface area (Å²) in [6.45, 7) is 2.62. The maximum absolute atomic E-state index is 13.0. The van der Waals surface area contributed by atoms with E-state index >= 15 is 0 Å². The summed E-state index contributed by atoms with van der Waals surface area (Å²) < 4.78 is 25.9. The maximum Gasteiger partial charge on any atom is 0.239 e. The number of carbonyl (C=O) groups is 1. The Kier molecular flexibility index (Phi) is 4.32. The number of carbonyl (C=O) groups excluding carboxylic acids is 1. The second-order valence-electron chi connectivity index (χ2n) is 8.77. The normalized spacial score (nSPS) is 28.8. The van der Waals surface area contributed by atoms with Gasteiger partial charge in [-0.25, -0.2) is 8.42 Å². The number of hydrogen-bond donors (Lipinski definition) is 1. The van der Waals surface area contributed by atoms with Crippen LogP contribution in [-0.2, 0) is 40.3 Å². The number of anilines is 1. The van der Waals surface area contributed by atoms with Crippen molar-refractivity contribution in [1.29, 1.82) is 0 Å². The third kappa shape index (κ3) is 3.11. The van der Waals surface area contributed by atoms with Crippen LogP contribution in [0.1, 0.15) is 47.9 Å². The minimum Gasteiger partial charge on any atom is -0.325 e. The predicted octanol–water partition coefficient (Wildman–Crippen LogP) is 2.11. The van der Waals surface area contributed by atoms with Crippen molar-refractivity contribution in [3.63, 3.8) is 0 Å². The second-order valence-corrected chi connectivity index (χ2v) is 11.0. The van der Waals surface area contributed by atoms with Gasteiger partial charge in [0.2, 0.25) is 5.91 Å². The van der Waals surface area contributed by atoms with Crippen LogP contribution in [0.15, 0.2) is 6.07 Å². The molecule has 2 aliphatic carbocycles. The van der Waals surface area contributed by atoms with E-state index in [1.54, 1.807) is 0 Å². The summed E-state index contributed by atoms with van der Waals surface area (Å²) >= 11 is 0. The summed E-state index contributed by atoms with van der Waals surface area (Å²) in [6.07, 6.45) is 8.27. The molecule has 6 rings (SSSR count). The van der Waals surface area contributed by atoms with Crippen LogP contribution < -0.4 is 5.32 Å². The minimum atomic E-state index is -3.42. The van der Waals surface area contributed by atoms with E-state index in [1.807, 2.05) is 0 Å². The summed E-state index contributed by atoms with van der Waals surface area (Å²) in [5.41, 5.74) is 6.16. The quantitative estimate of drug-likeness (QED) is 0.858. The molecule has 3 heterocycles. The third-order valence-corrected chi connectivity index (χ3v) is 9.25. The number of rotatable bonds is 4. The lowest BCUT2D eigenvalue weighted by Crippen LogP contribution is -2.54. The van der Waals surface area contributed by atoms with Gasteiger partial charge < -0.3 is 10.2 Å². The van der Waals surface area contributed by atoms with Crippen molar-refractivity contribution in [3.8, 4) is 0 Å². The molecule has 1 unspecified atom stereocenters. The predicted molar refractivity (Wildman–Crippen MR) is 106 cm³/mol. The Morgan fingerprint density at radius 1 is 1.04 bits per heavy atom. The lowest BCUT2D eigenvalue weighted by Gasteiger charge is -2.44. The summed E-state index contributed by atoms with van der Waals surface area (Å²) in [6, 6.07) is 2.32. The molecule has 2 bridgehead atoms. The van der Waals surface area contributed by atoms with Gasteiger partial charge in [-0.3, -0.25) is 4.79 Å². The number of nitrogens with one attached hydrogen (secondary N) is 1. The molecule has 5 aliphatic rings. The van der Waals surface area contributed by atoms with Gasteiger partial charge in [-0.05, 0) is 92.6 Å². The molecule has 1 aromatic rings. The second kappa shape index (κ2) is 6.59. The molecule has 1 atom stereocenters. The average molecular weight is 389 g/mol. The lowest BCUT2D eigenvalue weighted by molar-refractivity contribution is -0.113. The monoisotopic (exact) mass is 388 g/mol. The molecular formula is C21H28N2O3S. The van der Waals surface area contributed by atoms with Crippen molar-refractivity contribution in [2.75, 3.05) is 30.7 Å². The molecular weight excluding hydrogens is 360 g/mol. The van der Waals surface area contributed by atoms with E-state index in [0.717, 1.165) is 70.1 Å². The highest BCUT2D eigenvalue weighted by atomic mass is 32.2. The highest BCUT2D eigenvalue weighted by Crippen LogP contribution is 2.39. The number of aryl methyl sites for hydroxylation is 2. The Morgan fingerprint density at radius 2 is 1.67 bits per heavy atom. The number of fused-ring (bicyclic) bond motifs is 5. The van der Waals surface area contributed by atoms with Crippen LogP contribution in [0.2, 0.25) is 0 Å². The molecule has 1 aromatic carbocycles. The van der Waals surface area contributed by atoms with Crippen molar-refractivity contribution in [2.45, 2.75) is 56.6 Å². The first-order chi connectivity index (χ1) is 13.0. The zero-order valence-electron chi connectivity index (χ0n) is 15.8. The van der Waals surface area contributed by atoms with E-state index in [-0.39, 0.29) is 22.8 Å². The highest BCUT2D eigenvalue weighted by molar-refractivity contribution is 7.92. The van der Waals surface area contributed by atoms with Crippen LogP contribution in [0.4, 0.5) is 5.69 Å². The van der Waals surface area contributed by atoms with Crippen molar-refractivity contribution in [2.24, 2.45) is 5.92 Å². The Balaban J connectivity index is 1.36. The molecule has 0 radical (unpaired) electrons. The topological polar surface area (TPSA) is 66.5 Å². The van der Waals surface area contributed by atoms with Crippen LogP contribution in [0.3, 0.4) is 0 Å². The van der Waals surface area contributed by atoms with E-state index in [0.29, 0.717) is 6.54 Å². The van der Waals surface area contributed by atoms with Gasteiger partial charge in [-0.15, -0.1) is 0 Å². The number of amides is 1. The molecule has 0 aromatic heterocycles. The standard InChI is InChI=1S/C21H28N2O3S/c24-20(13-27(25,26)19-12-23-9-7-14(19)8-10-23)22-21-17-5-1-3-15(17)11-16-4-2-6-18(16)21/h11,14,19H,1-10,12-13H2,(H,22,24). The van der Waals surface area contributed by atoms with E-state index in [4.69, 9.17) is 0 Å². The van der Waals surface area contributed by atoms with Crippen molar-refractivity contribution < 1.29 is 13.2 Å². The molecule has 3 aliphatic heterocycles. The molecule has 146 valence electrons. The van der Waals surface area contributed by atoms with Gasteiger partial charge in [0, 0.05) is 12.2 Å². The zero-order valence-corrected chi connectivity index (χ0v) is 16.6. The first-order valence-electron chi connectivity index (χ1n) is 10.4. The third-order valence-electron chi connectivity index (χ3n) is 7.13. The lowest BCUT2D eigenvalue weighted by atomic mass is 9.88. The molecule has 0 saturated carbocycles. The number of sulfone groups is 1. The molecule has 5 nitrogen and oxygen atoms in total. The van der Waals surface area contributed by atoms with E-state index < -0.39 is 9.84 Å². The van der Waals surface area contributed by atoms with Crippen LogP contribution in [0.5, 0.6) is 0 Å². The molecule has 27 heavy (non-hydrogen) atoms. The van der Waals surface area contributed by atoms with Crippen LogP contribution >= 0.6 is 0 Å². The Morgan fingerprint density at radius 3 is 2.22 bits per heavy atom. The van der Waals surface area contributed by atoms with Crippen LogP contribution in [0, 0.1) is 5.92 Å². The van der Waals surface area contributed by atoms with Gasteiger partial charge in [0.05, 0.1) is 5.25 Å². The smallest absolute Gasteiger partial charge is 0.239 e. The number of piperidine rings is 3. The first-order valence-corrected chi connectivity index (χ1v) is 12.1. The van der Waals surface area contributed by atoms with Crippen LogP contribution in [0.25, 0.3) is 0 Å². The minimum absolute atomic E-state index is 0.234. The molecule has 6 heteroatoms. The van der Waals surface area contributed by atoms with Gasteiger partial charge >= 0.3 is 0 Å². The first kappa shape index (κ1) is 17.7. The fourth-order valence-corrected chi connectivity index (χ4v) is 7.70. The number of benzene rings is 1. The average Bonchev–Trinajstić information content (AvgIpc) is 3.31. The SMILES string of the molecule is O=C(CS(=O)(=O)C1CN2CCC1CC2)Nc1c2c(cc3c1CCC3)CCC2.